The molecule has 1 aromatic heterocycles. The second kappa shape index (κ2) is 6.72. The van der Waals surface area contributed by atoms with Crippen LogP contribution in [-0.4, -0.2) is 35.5 Å². The molecule has 0 N–H and O–H groups in total. The summed E-state index contributed by atoms with van der Waals surface area (Å²) < 4.78 is 37.7. The van der Waals surface area contributed by atoms with Gasteiger partial charge in [0.1, 0.15) is 11.0 Å². The van der Waals surface area contributed by atoms with Crippen LogP contribution in [0.15, 0.2) is 30.3 Å². The number of carbonyl (C=O) groups is 1. The minimum Gasteiger partial charge on any atom is -0.289 e. The molecule has 0 bridgehead atoms. The maximum Gasteiger partial charge on any atom is 0.185 e. The molecular formula is C17H16ClFN2O3S. The van der Waals surface area contributed by atoms with Crippen LogP contribution in [0.1, 0.15) is 34.1 Å². The average molecular weight is 383 g/mol. The first kappa shape index (κ1) is 17.8. The predicted molar refractivity (Wildman–Crippen MR) is 94.0 cm³/mol. The van der Waals surface area contributed by atoms with Crippen LogP contribution in [0.5, 0.6) is 0 Å². The monoisotopic (exact) mass is 382 g/mol. The van der Waals surface area contributed by atoms with Crippen LogP contribution in [0.3, 0.4) is 0 Å². The third-order valence-corrected chi connectivity index (χ3v) is 6.28. The molecule has 8 heteroatoms. The van der Waals surface area contributed by atoms with E-state index in [4.69, 9.17) is 11.6 Å². The van der Waals surface area contributed by atoms with Gasteiger partial charge < -0.3 is 0 Å². The number of rotatable bonds is 4. The second-order valence-electron chi connectivity index (χ2n) is 6.00. The van der Waals surface area contributed by atoms with Crippen LogP contribution in [0, 0.1) is 12.7 Å². The van der Waals surface area contributed by atoms with E-state index < -0.39 is 15.7 Å². The quantitative estimate of drug-likeness (QED) is 0.601. The number of hydrogen-bond acceptors (Lipinski definition) is 4. The molecule has 0 amide bonds. The summed E-state index contributed by atoms with van der Waals surface area (Å²) in [6.45, 7) is 1.74. The highest BCUT2D eigenvalue weighted by Crippen LogP contribution is 2.30. The van der Waals surface area contributed by atoms with Crippen LogP contribution in [0.2, 0.25) is 5.15 Å². The van der Waals surface area contributed by atoms with Gasteiger partial charge in [0.2, 0.25) is 0 Å². The number of halogens is 2. The Morgan fingerprint density at radius 1 is 1.36 bits per heavy atom. The summed E-state index contributed by atoms with van der Waals surface area (Å²) in [7, 11) is -3.05. The van der Waals surface area contributed by atoms with Crippen molar-refractivity contribution in [3.8, 4) is 0 Å². The lowest BCUT2D eigenvalue weighted by Gasteiger charge is -2.09. The molecule has 0 aliphatic carbocycles. The molecule has 1 aromatic carbocycles. The Labute approximate surface area is 150 Å². The number of benzene rings is 1. The molecule has 1 fully saturated rings. The normalized spacial score (nSPS) is 19.6. The molecule has 5 nitrogen and oxygen atoms in total. The van der Waals surface area contributed by atoms with Gasteiger partial charge in [-0.2, -0.15) is 5.10 Å². The van der Waals surface area contributed by atoms with Crippen molar-refractivity contribution in [3.63, 3.8) is 0 Å². The molecule has 2 aromatic rings. The molecule has 1 saturated heterocycles. The molecule has 0 spiro atoms. The summed E-state index contributed by atoms with van der Waals surface area (Å²) in [5.74, 6) is -0.550. The van der Waals surface area contributed by atoms with Gasteiger partial charge in [0.15, 0.2) is 15.6 Å². The van der Waals surface area contributed by atoms with Gasteiger partial charge in [-0.3, -0.25) is 4.79 Å². The number of sulfone groups is 1. The third kappa shape index (κ3) is 3.82. The van der Waals surface area contributed by atoms with E-state index in [2.05, 4.69) is 5.10 Å². The highest BCUT2D eigenvalue weighted by molar-refractivity contribution is 7.91. The standard InChI is InChI=1S/C17H16ClFN2O3S/c1-11-15(6-7-16(22)12-2-4-13(19)5-3-12)17(18)21(20-11)14-8-9-25(23,24)10-14/h2-7,14H,8-10H2,1H3/b7-6+/t14-/m0/s1. The zero-order valence-electron chi connectivity index (χ0n) is 13.4. The van der Waals surface area contributed by atoms with E-state index in [0.717, 1.165) is 0 Å². The fraction of sp³-hybridized carbons (Fsp3) is 0.294. The molecular weight excluding hydrogens is 367 g/mol. The summed E-state index contributed by atoms with van der Waals surface area (Å²) in [6, 6.07) is 4.97. The van der Waals surface area contributed by atoms with Crippen molar-refractivity contribution in [1.82, 2.24) is 9.78 Å². The van der Waals surface area contributed by atoms with Crippen molar-refractivity contribution in [2.75, 3.05) is 11.5 Å². The van der Waals surface area contributed by atoms with Crippen molar-refractivity contribution >= 4 is 33.3 Å². The van der Waals surface area contributed by atoms with Gasteiger partial charge in [-0.25, -0.2) is 17.5 Å². The number of carbonyl (C=O) groups excluding carboxylic acids is 1. The Hall–Kier alpha value is -1.99. The first-order valence-corrected chi connectivity index (χ1v) is 9.90. The lowest BCUT2D eigenvalue weighted by Crippen LogP contribution is -2.12. The SMILES string of the molecule is Cc1nn([C@H]2CCS(=O)(=O)C2)c(Cl)c1/C=C/C(=O)c1ccc(F)cc1. The first-order valence-electron chi connectivity index (χ1n) is 7.70. The average Bonchev–Trinajstić information content (AvgIpc) is 3.05. The van der Waals surface area contributed by atoms with Gasteiger partial charge in [0.05, 0.1) is 23.2 Å². The van der Waals surface area contributed by atoms with E-state index >= 15 is 0 Å². The van der Waals surface area contributed by atoms with E-state index in [9.17, 15) is 17.6 Å². The molecule has 0 unspecified atom stereocenters. The zero-order chi connectivity index (χ0) is 18.2. The smallest absolute Gasteiger partial charge is 0.185 e. The van der Waals surface area contributed by atoms with Gasteiger partial charge in [0.25, 0.3) is 0 Å². The lowest BCUT2D eigenvalue weighted by atomic mass is 10.1. The molecule has 3 rings (SSSR count). The number of allylic oxidation sites excluding steroid dienone is 1. The summed E-state index contributed by atoms with van der Waals surface area (Å²) in [5.41, 5.74) is 1.54. The zero-order valence-corrected chi connectivity index (χ0v) is 15.0. The summed E-state index contributed by atoms with van der Waals surface area (Å²) in [5, 5.41) is 4.64. The van der Waals surface area contributed by atoms with Crippen LogP contribution >= 0.6 is 11.6 Å². The number of nitrogens with zero attached hydrogens (tertiary/aromatic N) is 2. The number of ketones is 1. The Bertz CT molecular complexity index is 949. The van der Waals surface area contributed by atoms with E-state index in [-0.39, 0.29) is 23.3 Å². The van der Waals surface area contributed by atoms with Gasteiger partial charge in [-0.15, -0.1) is 0 Å². The van der Waals surface area contributed by atoms with Crippen molar-refractivity contribution in [2.24, 2.45) is 0 Å². The topological polar surface area (TPSA) is 69.0 Å². The van der Waals surface area contributed by atoms with Crippen molar-refractivity contribution < 1.29 is 17.6 Å². The van der Waals surface area contributed by atoms with Crippen LogP contribution in [0.25, 0.3) is 6.08 Å². The fourth-order valence-electron chi connectivity index (χ4n) is 2.80. The van der Waals surface area contributed by atoms with Gasteiger partial charge in [0, 0.05) is 11.1 Å². The van der Waals surface area contributed by atoms with E-state index in [1.807, 2.05) is 0 Å². The minimum atomic E-state index is -3.05. The molecule has 0 saturated carbocycles. The molecule has 0 radical (unpaired) electrons. The molecule has 132 valence electrons. The van der Waals surface area contributed by atoms with Crippen molar-refractivity contribution in [2.45, 2.75) is 19.4 Å². The Morgan fingerprint density at radius 3 is 2.64 bits per heavy atom. The molecule has 1 aliphatic heterocycles. The van der Waals surface area contributed by atoms with Crippen LogP contribution in [-0.2, 0) is 9.84 Å². The summed E-state index contributed by atoms with van der Waals surface area (Å²) >= 11 is 6.35. The number of hydrogen-bond donors (Lipinski definition) is 0. The maximum absolute atomic E-state index is 12.9. The van der Waals surface area contributed by atoms with E-state index in [0.29, 0.717) is 28.4 Å². The predicted octanol–water partition coefficient (Wildman–Crippen LogP) is 3.24. The van der Waals surface area contributed by atoms with Gasteiger partial charge in [-0.1, -0.05) is 11.6 Å². The maximum atomic E-state index is 12.9. The fourth-order valence-corrected chi connectivity index (χ4v) is 4.87. The van der Waals surface area contributed by atoms with Gasteiger partial charge in [-0.05, 0) is 49.8 Å². The van der Waals surface area contributed by atoms with Crippen molar-refractivity contribution in [3.05, 3.63) is 58.1 Å². The van der Waals surface area contributed by atoms with E-state index in [1.54, 1.807) is 13.0 Å². The van der Waals surface area contributed by atoms with Crippen LogP contribution in [0.4, 0.5) is 4.39 Å². The molecule has 2 heterocycles. The highest BCUT2D eigenvalue weighted by atomic mass is 35.5. The third-order valence-electron chi connectivity index (χ3n) is 4.16. The number of aromatic nitrogens is 2. The Kier molecular flexibility index (Phi) is 4.79. The lowest BCUT2D eigenvalue weighted by molar-refractivity contribution is 0.104. The highest BCUT2D eigenvalue weighted by Gasteiger charge is 2.31. The Balaban J connectivity index is 1.83. The largest absolute Gasteiger partial charge is 0.289 e. The van der Waals surface area contributed by atoms with Crippen molar-refractivity contribution in [1.29, 1.82) is 0 Å². The first-order chi connectivity index (χ1) is 11.8. The minimum absolute atomic E-state index is 0.0193. The van der Waals surface area contributed by atoms with Crippen LogP contribution < -0.4 is 0 Å². The molecule has 1 atom stereocenters. The summed E-state index contributed by atoms with van der Waals surface area (Å²) in [4.78, 5) is 12.1. The number of aryl methyl sites for hydroxylation is 1. The van der Waals surface area contributed by atoms with E-state index in [1.165, 1.54) is 35.0 Å². The Morgan fingerprint density at radius 2 is 2.04 bits per heavy atom. The second-order valence-corrected chi connectivity index (χ2v) is 8.58. The summed E-state index contributed by atoms with van der Waals surface area (Å²) in [6.07, 6.45) is 3.37. The molecule has 25 heavy (non-hydrogen) atoms. The van der Waals surface area contributed by atoms with Gasteiger partial charge >= 0.3 is 0 Å². The molecule has 1 aliphatic rings.